The highest BCUT2D eigenvalue weighted by atomic mass is 33.1. The van der Waals surface area contributed by atoms with Crippen LogP contribution in [0.25, 0.3) is 10.2 Å². The SMILES string of the molecule is C=C(C)C(=O)OCCSSc1nc2ccccc2s1. The van der Waals surface area contributed by atoms with Gasteiger partial charge in [-0.1, -0.05) is 29.5 Å². The molecule has 100 valence electrons. The Labute approximate surface area is 123 Å². The molecular formula is C13H13NO2S3. The van der Waals surface area contributed by atoms with Crippen molar-refractivity contribution in [2.75, 3.05) is 12.4 Å². The van der Waals surface area contributed by atoms with Crippen LogP contribution in [0, 0.1) is 0 Å². The van der Waals surface area contributed by atoms with Gasteiger partial charge in [0.25, 0.3) is 0 Å². The minimum absolute atomic E-state index is 0.328. The van der Waals surface area contributed by atoms with E-state index < -0.39 is 0 Å². The van der Waals surface area contributed by atoms with Gasteiger partial charge >= 0.3 is 5.97 Å². The second-order valence-corrected chi connectivity index (χ2v) is 7.46. The average molecular weight is 311 g/mol. The minimum Gasteiger partial charge on any atom is -0.461 e. The maximum absolute atomic E-state index is 11.1. The van der Waals surface area contributed by atoms with E-state index >= 15 is 0 Å². The van der Waals surface area contributed by atoms with Gasteiger partial charge in [0.15, 0.2) is 4.34 Å². The Balaban J connectivity index is 1.74. The van der Waals surface area contributed by atoms with Gasteiger partial charge in [0.1, 0.15) is 6.61 Å². The number of fused-ring (bicyclic) bond motifs is 1. The Kier molecular flexibility index (Phi) is 5.30. The molecule has 0 unspecified atom stereocenters. The summed E-state index contributed by atoms with van der Waals surface area (Å²) in [5, 5.41) is 0. The predicted molar refractivity (Wildman–Crippen MR) is 83.7 cm³/mol. The lowest BCUT2D eigenvalue weighted by Gasteiger charge is -2.02. The fourth-order valence-corrected chi connectivity index (χ4v) is 4.45. The molecule has 0 bridgehead atoms. The van der Waals surface area contributed by atoms with Crippen LogP contribution in [0.2, 0.25) is 0 Å². The lowest BCUT2D eigenvalue weighted by atomic mass is 10.3. The van der Waals surface area contributed by atoms with Gasteiger partial charge in [0.2, 0.25) is 0 Å². The fourth-order valence-electron chi connectivity index (χ4n) is 1.27. The molecule has 0 radical (unpaired) electrons. The smallest absolute Gasteiger partial charge is 0.333 e. The Morgan fingerprint density at radius 1 is 1.47 bits per heavy atom. The number of carbonyl (C=O) groups is 1. The van der Waals surface area contributed by atoms with Gasteiger partial charge in [-0.2, -0.15) is 0 Å². The molecule has 0 amide bonds. The third kappa shape index (κ3) is 4.26. The number of carbonyl (C=O) groups excluding carboxylic acids is 1. The van der Waals surface area contributed by atoms with Crippen LogP contribution in [-0.2, 0) is 9.53 Å². The lowest BCUT2D eigenvalue weighted by molar-refractivity contribution is -0.138. The molecule has 0 N–H and O–H groups in total. The second kappa shape index (κ2) is 6.98. The number of hydrogen-bond acceptors (Lipinski definition) is 6. The van der Waals surface area contributed by atoms with Crippen molar-refractivity contribution in [1.29, 1.82) is 0 Å². The molecule has 0 saturated heterocycles. The molecule has 3 nitrogen and oxygen atoms in total. The van der Waals surface area contributed by atoms with E-state index in [0.29, 0.717) is 12.2 Å². The third-order valence-corrected chi connectivity index (χ3v) is 5.81. The zero-order valence-corrected chi connectivity index (χ0v) is 12.9. The van der Waals surface area contributed by atoms with E-state index in [-0.39, 0.29) is 5.97 Å². The van der Waals surface area contributed by atoms with Gasteiger partial charge in [0.05, 0.1) is 10.2 Å². The van der Waals surface area contributed by atoms with Crippen LogP contribution in [-0.4, -0.2) is 23.3 Å². The van der Waals surface area contributed by atoms with Gasteiger partial charge < -0.3 is 4.74 Å². The van der Waals surface area contributed by atoms with Crippen molar-refractivity contribution < 1.29 is 9.53 Å². The first-order chi connectivity index (χ1) is 9.16. The molecule has 19 heavy (non-hydrogen) atoms. The number of hydrogen-bond donors (Lipinski definition) is 0. The standard InChI is InChI=1S/C13H13NO2S3/c1-9(2)12(15)16-7-8-17-19-13-14-10-5-3-4-6-11(10)18-13/h3-6H,1,7-8H2,2H3. The molecule has 0 saturated carbocycles. The molecule has 0 aliphatic carbocycles. The van der Waals surface area contributed by atoms with Gasteiger partial charge in [-0.25, -0.2) is 9.78 Å². The Bertz CT molecular complexity index is 561. The van der Waals surface area contributed by atoms with Crippen LogP contribution < -0.4 is 0 Å². The van der Waals surface area contributed by atoms with Crippen LogP contribution >= 0.6 is 32.9 Å². The van der Waals surface area contributed by atoms with Crippen molar-refractivity contribution in [3.8, 4) is 0 Å². The van der Waals surface area contributed by atoms with Crippen LogP contribution in [0.15, 0.2) is 40.8 Å². The number of para-hydroxylation sites is 1. The topological polar surface area (TPSA) is 39.2 Å². The third-order valence-electron chi connectivity index (χ3n) is 2.15. The minimum atomic E-state index is -0.328. The number of esters is 1. The van der Waals surface area contributed by atoms with E-state index in [4.69, 9.17) is 4.74 Å². The van der Waals surface area contributed by atoms with Gasteiger partial charge in [-0.15, -0.1) is 11.3 Å². The summed E-state index contributed by atoms with van der Waals surface area (Å²) < 4.78 is 7.23. The monoisotopic (exact) mass is 311 g/mol. The maximum atomic E-state index is 11.1. The average Bonchev–Trinajstić information content (AvgIpc) is 2.80. The highest BCUT2D eigenvalue weighted by Crippen LogP contribution is 2.36. The van der Waals surface area contributed by atoms with Crippen molar-refractivity contribution in [2.45, 2.75) is 11.3 Å². The van der Waals surface area contributed by atoms with Crippen molar-refractivity contribution >= 4 is 49.1 Å². The number of ether oxygens (including phenoxy) is 1. The first-order valence-electron chi connectivity index (χ1n) is 5.64. The number of benzene rings is 1. The van der Waals surface area contributed by atoms with Gasteiger partial charge in [0, 0.05) is 11.3 Å². The van der Waals surface area contributed by atoms with E-state index in [1.54, 1.807) is 39.8 Å². The van der Waals surface area contributed by atoms with E-state index in [1.807, 2.05) is 18.2 Å². The van der Waals surface area contributed by atoms with Crippen molar-refractivity contribution in [3.05, 3.63) is 36.4 Å². The van der Waals surface area contributed by atoms with E-state index in [1.165, 1.54) is 4.70 Å². The summed E-state index contributed by atoms with van der Waals surface area (Å²) in [6.45, 7) is 5.57. The van der Waals surface area contributed by atoms with Crippen LogP contribution in [0.1, 0.15) is 6.92 Å². The zero-order chi connectivity index (χ0) is 13.7. The number of thiazole rings is 1. The van der Waals surface area contributed by atoms with E-state index in [0.717, 1.165) is 15.6 Å². The van der Waals surface area contributed by atoms with Crippen LogP contribution in [0.5, 0.6) is 0 Å². The molecule has 2 rings (SSSR count). The molecule has 1 aromatic heterocycles. The molecule has 0 aliphatic rings. The van der Waals surface area contributed by atoms with E-state index in [9.17, 15) is 4.79 Å². The summed E-state index contributed by atoms with van der Waals surface area (Å²) in [4.78, 5) is 15.7. The van der Waals surface area contributed by atoms with Crippen molar-refractivity contribution in [1.82, 2.24) is 4.98 Å². The summed E-state index contributed by atoms with van der Waals surface area (Å²) in [5.41, 5.74) is 1.47. The molecule has 0 fully saturated rings. The molecule has 0 spiro atoms. The second-order valence-electron chi connectivity index (χ2n) is 3.77. The zero-order valence-electron chi connectivity index (χ0n) is 10.4. The van der Waals surface area contributed by atoms with Crippen molar-refractivity contribution in [2.24, 2.45) is 0 Å². The van der Waals surface area contributed by atoms with Crippen LogP contribution in [0.4, 0.5) is 0 Å². The maximum Gasteiger partial charge on any atom is 0.333 e. The largest absolute Gasteiger partial charge is 0.461 e. The summed E-state index contributed by atoms with van der Waals surface area (Å²) in [6, 6.07) is 8.07. The number of rotatable bonds is 6. The summed E-state index contributed by atoms with van der Waals surface area (Å²) >= 11 is 1.68. The first-order valence-corrected chi connectivity index (χ1v) is 8.78. The summed E-state index contributed by atoms with van der Waals surface area (Å²) in [5.74, 6) is 0.408. The molecule has 0 atom stereocenters. The van der Waals surface area contributed by atoms with Crippen LogP contribution in [0.3, 0.4) is 0 Å². The van der Waals surface area contributed by atoms with E-state index in [2.05, 4.69) is 17.6 Å². The normalized spacial score (nSPS) is 10.6. The van der Waals surface area contributed by atoms with Gasteiger partial charge in [-0.3, -0.25) is 0 Å². The van der Waals surface area contributed by atoms with Gasteiger partial charge in [-0.05, 0) is 29.9 Å². The molecule has 2 aromatic rings. The Morgan fingerprint density at radius 3 is 3.00 bits per heavy atom. The molecule has 1 aromatic carbocycles. The highest BCUT2D eigenvalue weighted by Gasteiger charge is 2.05. The highest BCUT2D eigenvalue weighted by molar-refractivity contribution is 8.77. The summed E-state index contributed by atoms with van der Waals surface area (Å²) in [7, 11) is 3.25. The summed E-state index contributed by atoms with van der Waals surface area (Å²) in [6.07, 6.45) is 0. The predicted octanol–water partition coefficient (Wildman–Crippen LogP) is 4.16. The Hall–Kier alpha value is -0.980. The molecule has 1 heterocycles. The lowest BCUT2D eigenvalue weighted by Crippen LogP contribution is -2.07. The number of aromatic nitrogens is 1. The number of nitrogens with zero attached hydrogens (tertiary/aromatic N) is 1. The molecule has 6 heteroatoms. The quantitative estimate of drug-likeness (QED) is 0.347. The first kappa shape index (κ1) is 14.4. The Morgan fingerprint density at radius 2 is 2.26 bits per heavy atom. The fraction of sp³-hybridized carbons (Fsp3) is 0.231. The van der Waals surface area contributed by atoms with Crippen molar-refractivity contribution in [3.63, 3.8) is 0 Å². The molecule has 0 aliphatic heterocycles. The molecular weight excluding hydrogens is 298 g/mol.